The van der Waals surface area contributed by atoms with Crippen LogP contribution in [0.3, 0.4) is 0 Å². The summed E-state index contributed by atoms with van der Waals surface area (Å²) in [4.78, 5) is 12.1. The van der Waals surface area contributed by atoms with Crippen molar-refractivity contribution in [2.24, 2.45) is 0 Å². The van der Waals surface area contributed by atoms with Gasteiger partial charge in [-0.3, -0.25) is 4.79 Å². The van der Waals surface area contributed by atoms with E-state index < -0.39 is 0 Å². The number of benzene rings is 1. The van der Waals surface area contributed by atoms with Crippen LogP contribution in [0.2, 0.25) is 0 Å². The minimum Gasteiger partial charge on any atom is -0.461 e. The summed E-state index contributed by atoms with van der Waals surface area (Å²) in [7, 11) is 0. The van der Waals surface area contributed by atoms with Crippen LogP contribution in [-0.4, -0.2) is 0 Å². The van der Waals surface area contributed by atoms with Crippen molar-refractivity contribution in [3.8, 4) is 0 Å². The van der Waals surface area contributed by atoms with Crippen molar-refractivity contribution < 1.29 is 4.42 Å². The molecular formula is C15H18O2. The fraction of sp³-hybridized carbons (Fsp3) is 0.400. The molecule has 0 atom stereocenters. The highest BCUT2D eigenvalue weighted by atomic mass is 16.3. The van der Waals surface area contributed by atoms with Gasteiger partial charge in [-0.2, -0.15) is 0 Å². The molecule has 1 aromatic heterocycles. The third-order valence-corrected chi connectivity index (χ3v) is 3.13. The molecule has 1 heterocycles. The summed E-state index contributed by atoms with van der Waals surface area (Å²) in [5.74, 6) is 0.849. The SMILES string of the molecule is CCCCCc1oc2ccccc2c(=O)c1C. The van der Waals surface area contributed by atoms with Crippen molar-refractivity contribution in [3.05, 3.63) is 45.8 Å². The fourth-order valence-electron chi connectivity index (χ4n) is 2.06. The lowest BCUT2D eigenvalue weighted by atomic mass is 10.1. The van der Waals surface area contributed by atoms with E-state index in [0.717, 1.165) is 24.2 Å². The Labute approximate surface area is 101 Å². The van der Waals surface area contributed by atoms with Crippen LogP contribution in [0.25, 0.3) is 11.0 Å². The Hall–Kier alpha value is -1.57. The summed E-state index contributed by atoms with van der Waals surface area (Å²) in [6.45, 7) is 4.03. The molecule has 0 radical (unpaired) electrons. The van der Waals surface area contributed by atoms with Crippen molar-refractivity contribution in [1.29, 1.82) is 0 Å². The summed E-state index contributed by atoms with van der Waals surface area (Å²) < 4.78 is 5.82. The van der Waals surface area contributed by atoms with Crippen LogP contribution in [-0.2, 0) is 6.42 Å². The van der Waals surface area contributed by atoms with E-state index in [2.05, 4.69) is 6.92 Å². The molecule has 0 aliphatic rings. The molecule has 0 saturated heterocycles. The van der Waals surface area contributed by atoms with E-state index in [0.29, 0.717) is 11.0 Å². The van der Waals surface area contributed by atoms with Crippen molar-refractivity contribution in [2.45, 2.75) is 39.5 Å². The van der Waals surface area contributed by atoms with Gasteiger partial charge in [0.25, 0.3) is 0 Å². The Balaban J connectivity index is 2.43. The maximum atomic E-state index is 12.1. The number of unbranched alkanes of at least 4 members (excludes halogenated alkanes) is 2. The van der Waals surface area contributed by atoms with Crippen LogP contribution in [0.1, 0.15) is 37.5 Å². The standard InChI is InChI=1S/C15H18O2/c1-3-4-5-9-13-11(2)15(16)12-8-6-7-10-14(12)17-13/h6-8,10H,3-5,9H2,1-2H3. The second-order valence-electron chi connectivity index (χ2n) is 4.43. The molecule has 0 saturated carbocycles. The topological polar surface area (TPSA) is 30.2 Å². The Morgan fingerprint density at radius 2 is 1.94 bits per heavy atom. The molecule has 0 bridgehead atoms. The summed E-state index contributed by atoms with van der Waals surface area (Å²) in [6, 6.07) is 7.45. The number of rotatable bonds is 4. The number of hydrogen-bond donors (Lipinski definition) is 0. The van der Waals surface area contributed by atoms with E-state index in [4.69, 9.17) is 4.42 Å². The van der Waals surface area contributed by atoms with Gasteiger partial charge in [0.05, 0.1) is 5.39 Å². The highest BCUT2D eigenvalue weighted by Gasteiger charge is 2.09. The molecule has 0 aliphatic carbocycles. The lowest BCUT2D eigenvalue weighted by Crippen LogP contribution is -2.09. The van der Waals surface area contributed by atoms with E-state index in [1.165, 1.54) is 12.8 Å². The van der Waals surface area contributed by atoms with E-state index in [1.807, 2.05) is 31.2 Å². The third-order valence-electron chi connectivity index (χ3n) is 3.13. The fourth-order valence-corrected chi connectivity index (χ4v) is 2.06. The van der Waals surface area contributed by atoms with Gasteiger partial charge in [0.1, 0.15) is 11.3 Å². The highest BCUT2D eigenvalue weighted by molar-refractivity contribution is 5.76. The predicted molar refractivity (Wildman–Crippen MR) is 70.5 cm³/mol. The zero-order valence-electron chi connectivity index (χ0n) is 10.5. The Bertz CT molecular complexity index is 567. The second-order valence-corrected chi connectivity index (χ2v) is 4.43. The van der Waals surface area contributed by atoms with Gasteiger partial charge in [-0.05, 0) is 25.5 Å². The quantitative estimate of drug-likeness (QED) is 0.747. The molecule has 2 aromatic rings. The molecule has 1 aromatic carbocycles. The second kappa shape index (κ2) is 5.17. The Kier molecular flexibility index (Phi) is 3.62. The predicted octanol–water partition coefficient (Wildman–Crippen LogP) is 3.83. The molecule has 0 aliphatic heterocycles. The summed E-state index contributed by atoms with van der Waals surface area (Å²) >= 11 is 0. The highest BCUT2D eigenvalue weighted by Crippen LogP contribution is 2.17. The number of para-hydroxylation sites is 1. The Morgan fingerprint density at radius 1 is 1.18 bits per heavy atom. The van der Waals surface area contributed by atoms with Gasteiger partial charge in [0.15, 0.2) is 5.43 Å². The maximum Gasteiger partial charge on any atom is 0.195 e. The Morgan fingerprint density at radius 3 is 2.71 bits per heavy atom. The molecule has 2 heteroatoms. The van der Waals surface area contributed by atoms with E-state index >= 15 is 0 Å². The molecule has 0 unspecified atom stereocenters. The molecule has 0 spiro atoms. The summed E-state index contributed by atoms with van der Waals surface area (Å²) in [6.07, 6.45) is 4.30. The van der Waals surface area contributed by atoms with E-state index in [9.17, 15) is 4.79 Å². The first kappa shape index (κ1) is 11.9. The average Bonchev–Trinajstić information content (AvgIpc) is 2.35. The molecule has 2 nitrogen and oxygen atoms in total. The third kappa shape index (κ3) is 2.41. The van der Waals surface area contributed by atoms with Crippen LogP contribution in [0, 0.1) is 6.92 Å². The van der Waals surface area contributed by atoms with Crippen molar-refractivity contribution in [1.82, 2.24) is 0 Å². The van der Waals surface area contributed by atoms with Gasteiger partial charge in [-0.15, -0.1) is 0 Å². The zero-order chi connectivity index (χ0) is 12.3. The molecule has 0 N–H and O–H groups in total. The van der Waals surface area contributed by atoms with Crippen LogP contribution in [0.15, 0.2) is 33.5 Å². The molecule has 90 valence electrons. The normalized spacial score (nSPS) is 10.9. The van der Waals surface area contributed by atoms with Gasteiger partial charge in [0.2, 0.25) is 0 Å². The zero-order valence-corrected chi connectivity index (χ0v) is 10.5. The molecule has 0 amide bonds. The van der Waals surface area contributed by atoms with Gasteiger partial charge < -0.3 is 4.42 Å². The van der Waals surface area contributed by atoms with Gasteiger partial charge in [-0.1, -0.05) is 31.9 Å². The smallest absolute Gasteiger partial charge is 0.195 e. The largest absolute Gasteiger partial charge is 0.461 e. The van der Waals surface area contributed by atoms with Crippen molar-refractivity contribution in [2.75, 3.05) is 0 Å². The minimum absolute atomic E-state index is 0.110. The monoisotopic (exact) mass is 230 g/mol. The summed E-state index contributed by atoms with van der Waals surface area (Å²) in [5, 5.41) is 0.684. The van der Waals surface area contributed by atoms with Crippen LogP contribution < -0.4 is 5.43 Å². The summed E-state index contributed by atoms with van der Waals surface area (Å²) in [5.41, 5.74) is 1.58. The first-order valence-electron chi connectivity index (χ1n) is 6.25. The van der Waals surface area contributed by atoms with Gasteiger partial charge >= 0.3 is 0 Å². The average molecular weight is 230 g/mol. The lowest BCUT2D eigenvalue weighted by molar-refractivity contribution is 0.513. The molecular weight excluding hydrogens is 212 g/mol. The van der Waals surface area contributed by atoms with Gasteiger partial charge in [0, 0.05) is 12.0 Å². The first-order valence-corrected chi connectivity index (χ1v) is 6.25. The van der Waals surface area contributed by atoms with Crippen LogP contribution in [0.5, 0.6) is 0 Å². The van der Waals surface area contributed by atoms with Crippen molar-refractivity contribution >= 4 is 11.0 Å². The minimum atomic E-state index is 0.110. The van der Waals surface area contributed by atoms with Crippen molar-refractivity contribution in [3.63, 3.8) is 0 Å². The first-order chi connectivity index (χ1) is 8.24. The van der Waals surface area contributed by atoms with Crippen LogP contribution in [0.4, 0.5) is 0 Å². The number of fused-ring (bicyclic) bond motifs is 1. The number of hydrogen-bond acceptors (Lipinski definition) is 2. The molecule has 2 rings (SSSR count). The number of aryl methyl sites for hydroxylation is 1. The van der Waals surface area contributed by atoms with E-state index in [1.54, 1.807) is 0 Å². The lowest BCUT2D eigenvalue weighted by Gasteiger charge is -2.06. The van der Waals surface area contributed by atoms with Gasteiger partial charge in [-0.25, -0.2) is 0 Å². The molecule has 0 fully saturated rings. The maximum absolute atomic E-state index is 12.1. The van der Waals surface area contributed by atoms with E-state index in [-0.39, 0.29) is 5.43 Å². The molecule has 17 heavy (non-hydrogen) atoms. The van der Waals surface area contributed by atoms with Crippen LogP contribution >= 0.6 is 0 Å².